The van der Waals surface area contributed by atoms with Gasteiger partial charge >= 0.3 is 0 Å². The van der Waals surface area contributed by atoms with Gasteiger partial charge in [0.2, 0.25) is 5.95 Å². The molecule has 6 heteroatoms. The fourth-order valence-corrected chi connectivity index (χ4v) is 2.45. The van der Waals surface area contributed by atoms with Crippen molar-refractivity contribution >= 4 is 17.5 Å². The van der Waals surface area contributed by atoms with E-state index in [4.69, 9.17) is 4.74 Å². The highest BCUT2D eigenvalue weighted by molar-refractivity contribution is 5.69. The van der Waals surface area contributed by atoms with E-state index in [-0.39, 0.29) is 5.54 Å². The Bertz CT molecular complexity index is 875. The Morgan fingerprint density at radius 3 is 2.50 bits per heavy atom. The van der Waals surface area contributed by atoms with Crippen molar-refractivity contribution in [3.63, 3.8) is 0 Å². The van der Waals surface area contributed by atoms with Gasteiger partial charge in [0.15, 0.2) is 0 Å². The van der Waals surface area contributed by atoms with E-state index in [2.05, 4.69) is 46.4 Å². The third kappa shape index (κ3) is 4.47. The van der Waals surface area contributed by atoms with E-state index in [1.54, 1.807) is 19.5 Å². The summed E-state index contributed by atoms with van der Waals surface area (Å²) in [5.41, 5.74) is 2.40. The lowest BCUT2D eigenvalue weighted by Crippen LogP contribution is -2.27. The molecule has 2 N–H and O–H groups in total. The van der Waals surface area contributed by atoms with Crippen molar-refractivity contribution < 1.29 is 4.74 Å². The fourth-order valence-electron chi connectivity index (χ4n) is 2.45. The molecular weight excluding hydrogens is 326 g/mol. The van der Waals surface area contributed by atoms with E-state index >= 15 is 0 Å². The van der Waals surface area contributed by atoms with Crippen molar-refractivity contribution in [2.75, 3.05) is 17.7 Å². The number of aromatic nitrogens is 3. The Kier molecular flexibility index (Phi) is 5.02. The van der Waals surface area contributed by atoms with Crippen molar-refractivity contribution in [2.45, 2.75) is 26.3 Å². The van der Waals surface area contributed by atoms with E-state index < -0.39 is 0 Å². The molecule has 0 aliphatic rings. The van der Waals surface area contributed by atoms with Gasteiger partial charge in [0.1, 0.15) is 11.6 Å². The maximum Gasteiger partial charge on any atom is 0.225 e. The first-order chi connectivity index (χ1) is 12.4. The van der Waals surface area contributed by atoms with Crippen molar-refractivity contribution in [1.29, 1.82) is 0 Å². The van der Waals surface area contributed by atoms with E-state index in [0.29, 0.717) is 11.8 Å². The molecule has 3 rings (SSSR count). The van der Waals surface area contributed by atoms with E-state index in [1.165, 1.54) is 0 Å². The number of para-hydroxylation sites is 2. The molecule has 0 saturated heterocycles. The lowest BCUT2D eigenvalue weighted by Gasteiger charge is -2.21. The molecule has 0 atom stereocenters. The SMILES string of the molecule is COc1ccccc1Nc1cc(-c2cccnc2)nc(NC(C)(C)C)n1. The molecule has 0 unspecified atom stereocenters. The van der Waals surface area contributed by atoms with Crippen molar-refractivity contribution in [3.8, 4) is 17.0 Å². The summed E-state index contributed by atoms with van der Waals surface area (Å²) in [6.45, 7) is 6.21. The van der Waals surface area contributed by atoms with Crippen LogP contribution in [0.2, 0.25) is 0 Å². The van der Waals surface area contributed by atoms with Crippen LogP contribution >= 0.6 is 0 Å². The summed E-state index contributed by atoms with van der Waals surface area (Å²) >= 11 is 0. The third-order valence-electron chi connectivity index (χ3n) is 3.54. The van der Waals surface area contributed by atoms with Gasteiger partial charge < -0.3 is 15.4 Å². The average Bonchev–Trinajstić information content (AvgIpc) is 2.61. The van der Waals surface area contributed by atoms with Crippen LogP contribution in [0.3, 0.4) is 0 Å². The normalized spacial score (nSPS) is 11.1. The van der Waals surface area contributed by atoms with Gasteiger partial charge in [0.05, 0.1) is 18.5 Å². The molecule has 1 aromatic carbocycles. The van der Waals surface area contributed by atoms with Gasteiger partial charge in [-0.25, -0.2) is 4.98 Å². The van der Waals surface area contributed by atoms with Crippen molar-refractivity contribution in [2.24, 2.45) is 0 Å². The topological polar surface area (TPSA) is 72.0 Å². The van der Waals surface area contributed by atoms with Gasteiger partial charge in [-0.05, 0) is 45.0 Å². The monoisotopic (exact) mass is 349 g/mol. The number of hydrogen-bond donors (Lipinski definition) is 2. The van der Waals surface area contributed by atoms with Gasteiger partial charge in [-0.1, -0.05) is 12.1 Å². The van der Waals surface area contributed by atoms with E-state index in [9.17, 15) is 0 Å². The lowest BCUT2D eigenvalue weighted by atomic mass is 10.1. The van der Waals surface area contributed by atoms with E-state index in [1.807, 2.05) is 42.5 Å². The summed E-state index contributed by atoms with van der Waals surface area (Å²) in [6, 6.07) is 13.5. The maximum atomic E-state index is 5.41. The number of hydrogen-bond acceptors (Lipinski definition) is 6. The van der Waals surface area contributed by atoms with Gasteiger partial charge in [0.25, 0.3) is 0 Å². The van der Waals surface area contributed by atoms with Crippen LogP contribution in [0.4, 0.5) is 17.5 Å². The molecule has 0 radical (unpaired) electrons. The Morgan fingerprint density at radius 1 is 1.00 bits per heavy atom. The van der Waals surface area contributed by atoms with Crippen LogP contribution in [0, 0.1) is 0 Å². The molecule has 26 heavy (non-hydrogen) atoms. The molecule has 0 bridgehead atoms. The molecule has 2 heterocycles. The number of rotatable bonds is 5. The van der Waals surface area contributed by atoms with Crippen LogP contribution in [-0.2, 0) is 0 Å². The smallest absolute Gasteiger partial charge is 0.225 e. The minimum Gasteiger partial charge on any atom is -0.495 e. The molecule has 0 saturated carbocycles. The predicted octanol–water partition coefficient (Wildman–Crippen LogP) is 4.50. The molecule has 0 spiro atoms. The Morgan fingerprint density at radius 2 is 1.81 bits per heavy atom. The number of nitrogens with zero attached hydrogens (tertiary/aromatic N) is 3. The quantitative estimate of drug-likeness (QED) is 0.706. The van der Waals surface area contributed by atoms with Crippen molar-refractivity contribution in [3.05, 3.63) is 54.9 Å². The zero-order chi connectivity index (χ0) is 18.6. The first-order valence-corrected chi connectivity index (χ1v) is 8.42. The Hall–Kier alpha value is -3.15. The zero-order valence-corrected chi connectivity index (χ0v) is 15.4. The van der Waals surface area contributed by atoms with Crippen LogP contribution in [0.15, 0.2) is 54.9 Å². The maximum absolute atomic E-state index is 5.41. The number of pyridine rings is 1. The first-order valence-electron chi connectivity index (χ1n) is 8.42. The van der Waals surface area contributed by atoms with Crippen LogP contribution in [0.5, 0.6) is 5.75 Å². The highest BCUT2D eigenvalue weighted by Crippen LogP contribution is 2.29. The van der Waals surface area contributed by atoms with Gasteiger partial charge in [-0.15, -0.1) is 0 Å². The van der Waals surface area contributed by atoms with Crippen LogP contribution in [-0.4, -0.2) is 27.6 Å². The summed E-state index contributed by atoms with van der Waals surface area (Å²) in [6.07, 6.45) is 3.53. The van der Waals surface area contributed by atoms with Crippen LogP contribution in [0.1, 0.15) is 20.8 Å². The summed E-state index contributed by atoms with van der Waals surface area (Å²) in [7, 11) is 1.65. The standard InChI is InChI=1S/C20H23N5O/c1-20(2,3)25-19-23-16(14-8-7-11-21-13-14)12-18(24-19)22-15-9-5-6-10-17(15)26-4/h5-13H,1-4H3,(H2,22,23,24,25). The summed E-state index contributed by atoms with van der Waals surface area (Å²) < 4.78 is 5.41. The molecule has 0 amide bonds. The number of methoxy groups -OCH3 is 1. The van der Waals surface area contributed by atoms with Gasteiger partial charge in [0, 0.05) is 29.6 Å². The predicted molar refractivity (Wildman–Crippen MR) is 105 cm³/mol. The number of ether oxygens (including phenoxy) is 1. The van der Waals surface area contributed by atoms with Crippen molar-refractivity contribution in [1.82, 2.24) is 15.0 Å². The molecule has 3 aromatic rings. The molecule has 134 valence electrons. The number of anilines is 3. The Balaban J connectivity index is 2.02. The second-order valence-corrected chi connectivity index (χ2v) is 6.90. The highest BCUT2D eigenvalue weighted by Gasteiger charge is 2.14. The minimum atomic E-state index is -0.157. The van der Waals surface area contributed by atoms with Gasteiger partial charge in [-0.3, -0.25) is 4.98 Å². The van der Waals surface area contributed by atoms with Crippen LogP contribution in [0.25, 0.3) is 11.3 Å². The molecule has 0 aliphatic heterocycles. The fraction of sp³-hybridized carbons (Fsp3) is 0.250. The minimum absolute atomic E-state index is 0.157. The first kappa shape index (κ1) is 17.7. The van der Waals surface area contributed by atoms with E-state index in [0.717, 1.165) is 22.7 Å². The highest BCUT2D eigenvalue weighted by atomic mass is 16.5. The zero-order valence-electron chi connectivity index (χ0n) is 15.4. The molecule has 0 aliphatic carbocycles. The lowest BCUT2D eigenvalue weighted by molar-refractivity contribution is 0.417. The Labute approximate surface area is 153 Å². The third-order valence-corrected chi connectivity index (χ3v) is 3.54. The molecule has 2 aromatic heterocycles. The molecular formula is C20H23N5O. The number of nitrogens with one attached hydrogen (secondary N) is 2. The number of benzene rings is 1. The molecule has 6 nitrogen and oxygen atoms in total. The second kappa shape index (κ2) is 7.39. The second-order valence-electron chi connectivity index (χ2n) is 6.90. The van der Waals surface area contributed by atoms with Crippen LogP contribution < -0.4 is 15.4 Å². The summed E-state index contributed by atoms with van der Waals surface area (Å²) in [5, 5.41) is 6.66. The van der Waals surface area contributed by atoms with Gasteiger partial charge in [-0.2, -0.15) is 4.98 Å². The molecule has 0 fully saturated rings. The largest absolute Gasteiger partial charge is 0.495 e. The average molecular weight is 349 g/mol. The summed E-state index contributed by atoms with van der Waals surface area (Å²) in [4.78, 5) is 13.4. The summed E-state index contributed by atoms with van der Waals surface area (Å²) in [5.74, 6) is 1.98.